The Morgan fingerprint density at radius 2 is 1.78 bits per heavy atom. The fourth-order valence-corrected chi connectivity index (χ4v) is 1.14. The van der Waals surface area contributed by atoms with Crippen molar-refractivity contribution in [2.24, 2.45) is 0 Å². The first-order valence-electron chi connectivity index (χ1n) is 4.58. The fourth-order valence-electron chi connectivity index (χ4n) is 1.14. The maximum absolute atomic E-state index is 11.5. The van der Waals surface area contributed by atoms with Gasteiger partial charge in [0.1, 0.15) is 6.20 Å². The second kappa shape index (κ2) is 6.02. The van der Waals surface area contributed by atoms with E-state index in [-0.39, 0.29) is 36.5 Å². The molecule has 1 heterocycles. The van der Waals surface area contributed by atoms with E-state index in [0.717, 1.165) is 0 Å². The Morgan fingerprint density at radius 3 is 2.28 bits per heavy atom. The van der Waals surface area contributed by atoms with Crippen molar-refractivity contribution in [2.75, 3.05) is 0 Å². The monoisotopic (exact) mass is 297 g/mol. The van der Waals surface area contributed by atoms with Crippen LogP contribution < -0.4 is 4.74 Å². The smallest absolute Gasteiger partial charge is 0.344 e. The van der Waals surface area contributed by atoms with Crippen molar-refractivity contribution in [2.45, 2.75) is 0 Å². The molecule has 0 unspecified atom stereocenters. The molecule has 0 spiro atoms. The van der Waals surface area contributed by atoms with Gasteiger partial charge in [-0.1, -0.05) is 0 Å². The number of carboxylic acids is 1. The van der Waals surface area contributed by atoms with Gasteiger partial charge in [-0.25, -0.2) is 9.59 Å². The fraction of sp³-hybridized carbons (Fsp3) is 0. The topological polar surface area (TPSA) is 105 Å². The maximum atomic E-state index is 11.5. The van der Waals surface area contributed by atoms with Crippen LogP contribution in [0, 0.1) is 0 Å². The number of hydrogen-bond acceptors (Lipinski definition) is 5. The van der Waals surface area contributed by atoms with Gasteiger partial charge < -0.3 is 9.84 Å². The Balaban J connectivity index is 0.00000162. The van der Waals surface area contributed by atoms with Gasteiger partial charge in [-0.2, -0.15) is 10.3 Å². The van der Waals surface area contributed by atoms with Crippen LogP contribution in [0.4, 0.5) is 0 Å². The minimum atomic E-state index is -1.05. The number of aromatic carboxylic acids is 1. The number of aromatic amines is 1. The zero-order chi connectivity index (χ0) is 12.3. The summed E-state index contributed by atoms with van der Waals surface area (Å²) in [5.74, 6) is -1.63. The molecule has 1 aromatic carbocycles. The number of esters is 1. The van der Waals surface area contributed by atoms with E-state index in [9.17, 15) is 9.59 Å². The van der Waals surface area contributed by atoms with Crippen molar-refractivity contribution in [3.63, 3.8) is 0 Å². The number of hydrogen-bond donors (Lipinski definition) is 2. The third-order valence-electron chi connectivity index (χ3n) is 1.96. The van der Waals surface area contributed by atoms with Crippen molar-refractivity contribution >= 4 is 11.9 Å². The molecule has 0 bridgehead atoms. The number of aromatic nitrogens is 3. The second-order valence-electron chi connectivity index (χ2n) is 3.08. The van der Waals surface area contributed by atoms with Crippen LogP contribution in [0.15, 0.2) is 30.5 Å². The van der Waals surface area contributed by atoms with Crippen molar-refractivity contribution in [1.29, 1.82) is 0 Å². The van der Waals surface area contributed by atoms with E-state index >= 15 is 0 Å². The predicted molar refractivity (Wildman–Crippen MR) is 54.7 cm³/mol. The quantitative estimate of drug-likeness (QED) is 0.639. The number of H-pyrrole nitrogens is 1. The van der Waals surface area contributed by atoms with Crippen molar-refractivity contribution in [3.8, 4) is 5.88 Å². The Hall–Kier alpha value is -2.08. The van der Waals surface area contributed by atoms with Gasteiger partial charge in [-0.15, -0.1) is 5.10 Å². The Bertz CT molecular complexity index is 539. The van der Waals surface area contributed by atoms with E-state index < -0.39 is 11.9 Å². The first-order valence-corrected chi connectivity index (χ1v) is 4.58. The summed E-state index contributed by atoms with van der Waals surface area (Å²) in [6, 6.07) is 5.38. The number of nitrogens with zero attached hydrogens (tertiary/aromatic N) is 2. The summed E-state index contributed by atoms with van der Waals surface area (Å²) in [5.41, 5.74) is 0.334. The Morgan fingerprint density at radius 1 is 1.17 bits per heavy atom. The SMILES string of the molecule is O=C(O)c1ccc(C(=O)Oc2cn[nH]n2)cc1.[Zn]. The molecular weight excluding hydrogens is 292 g/mol. The molecule has 2 rings (SSSR count). The molecule has 7 nitrogen and oxygen atoms in total. The van der Waals surface area contributed by atoms with Crippen molar-refractivity contribution in [1.82, 2.24) is 15.4 Å². The molecule has 0 fully saturated rings. The molecule has 0 aliphatic heterocycles. The first-order chi connectivity index (χ1) is 8.16. The van der Waals surface area contributed by atoms with Crippen LogP contribution in [0.3, 0.4) is 0 Å². The summed E-state index contributed by atoms with van der Waals surface area (Å²) < 4.78 is 4.85. The van der Waals surface area contributed by atoms with Gasteiger partial charge in [0, 0.05) is 19.5 Å². The van der Waals surface area contributed by atoms with E-state index in [1.807, 2.05) is 0 Å². The molecular formula is C10H7N3O4Zn. The average Bonchev–Trinajstić information content (AvgIpc) is 2.82. The largest absolute Gasteiger partial charge is 0.478 e. The molecule has 0 radical (unpaired) electrons. The first kappa shape index (κ1) is 14.0. The van der Waals surface area contributed by atoms with E-state index in [1.165, 1.54) is 30.5 Å². The van der Waals surface area contributed by atoms with Crippen LogP contribution in [0.2, 0.25) is 0 Å². The molecule has 0 saturated heterocycles. The van der Waals surface area contributed by atoms with E-state index in [4.69, 9.17) is 9.84 Å². The van der Waals surface area contributed by atoms with Crippen LogP contribution in [0.5, 0.6) is 5.88 Å². The van der Waals surface area contributed by atoms with E-state index in [2.05, 4.69) is 15.4 Å². The normalized spacial score (nSPS) is 9.33. The third-order valence-corrected chi connectivity index (χ3v) is 1.96. The summed E-state index contributed by atoms with van der Waals surface area (Å²) in [7, 11) is 0. The molecule has 0 saturated carbocycles. The summed E-state index contributed by atoms with van der Waals surface area (Å²) in [5, 5.41) is 18.0. The minimum Gasteiger partial charge on any atom is -0.478 e. The molecule has 0 aliphatic rings. The molecule has 0 atom stereocenters. The number of ether oxygens (including phenoxy) is 1. The van der Waals surface area contributed by atoms with Gasteiger partial charge in [-0.05, 0) is 24.3 Å². The van der Waals surface area contributed by atoms with Gasteiger partial charge in [0.2, 0.25) is 0 Å². The Labute approximate surface area is 114 Å². The van der Waals surface area contributed by atoms with Crippen LogP contribution >= 0.6 is 0 Å². The average molecular weight is 299 g/mol. The molecule has 1 aromatic heterocycles. The summed E-state index contributed by atoms with van der Waals surface area (Å²) in [4.78, 5) is 22.1. The summed E-state index contributed by atoms with van der Waals surface area (Å²) in [6.07, 6.45) is 1.25. The number of carbonyl (C=O) groups excluding carboxylic acids is 1. The predicted octanol–water partition coefficient (Wildman–Crippen LogP) is 0.720. The van der Waals surface area contributed by atoms with Crippen LogP contribution in [-0.2, 0) is 19.5 Å². The zero-order valence-electron chi connectivity index (χ0n) is 9.16. The third kappa shape index (κ3) is 3.21. The van der Waals surface area contributed by atoms with Gasteiger partial charge in [-0.3, -0.25) is 0 Å². The number of benzene rings is 1. The molecule has 2 N–H and O–H groups in total. The van der Waals surface area contributed by atoms with Gasteiger partial charge in [0.25, 0.3) is 5.88 Å². The zero-order valence-corrected chi connectivity index (χ0v) is 12.1. The van der Waals surface area contributed by atoms with E-state index in [0.29, 0.717) is 0 Å². The molecule has 18 heavy (non-hydrogen) atoms. The Kier molecular flexibility index (Phi) is 4.68. The molecule has 88 valence electrons. The molecule has 8 heteroatoms. The standard InChI is InChI=1S/C10H7N3O4.Zn/c14-9(15)6-1-3-7(4-2-6)10(16)17-8-5-11-13-12-8;/h1-5H,(H,14,15)(H,11,12,13);. The second-order valence-corrected chi connectivity index (χ2v) is 3.08. The molecule has 0 aliphatic carbocycles. The maximum Gasteiger partial charge on any atom is 0.344 e. The summed E-state index contributed by atoms with van der Waals surface area (Å²) in [6.45, 7) is 0. The van der Waals surface area contributed by atoms with Crippen LogP contribution in [-0.4, -0.2) is 32.5 Å². The van der Waals surface area contributed by atoms with Gasteiger partial charge in [0.05, 0.1) is 11.1 Å². The molecule has 0 amide bonds. The number of nitrogens with one attached hydrogen (secondary N) is 1. The van der Waals surface area contributed by atoms with Crippen LogP contribution in [0.1, 0.15) is 20.7 Å². The number of carboxylic acid groups (broad SMARTS) is 1. The van der Waals surface area contributed by atoms with Crippen molar-refractivity contribution < 1.29 is 38.9 Å². The van der Waals surface area contributed by atoms with Gasteiger partial charge in [0.15, 0.2) is 0 Å². The number of rotatable bonds is 3. The molecule has 2 aromatic rings. The number of carbonyl (C=O) groups is 2. The van der Waals surface area contributed by atoms with Crippen molar-refractivity contribution in [3.05, 3.63) is 41.6 Å². The van der Waals surface area contributed by atoms with Crippen LogP contribution in [0.25, 0.3) is 0 Å². The summed E-state index contributed by atoms with van der Waals surface area (Å²) >= 11 is 0. The minimum absolute atomic E-state index is 0. The van der Waals surface area contributed by atoms with E-state index in [1.54, 1.807) is 0 Å². The van der Waals surface area contributed by atoms with Gasteiger partial charge >= 0.3 is 11.9 Å².